The third kappa shape index (κ3) is 4.79. The van der Waals surface area contributed by atoms with Gasteiger partial charge in [-0.05, 0) is 12.5 Å². The number of ether oxygens (including phenoxy) is 1. The van der Waals surface area contributed by atoms with Crippen molar-refractivity contribution in [2.24, 2.45) is 0 Å². The first kappa shape index (κ1) is 11.4. The molecule has 0 saturated carbocycles. The van der Waals surface area contributed by atoms with Crippen molar-refractivity contribution in [3.63, 3.8) is 0 Å². The first-order valence-electron chi connectivity index (χ1n) is 3.91. The summed E-state index contributed by atoms with van der Waals surface area (Å²) < 4.78 is 4.71. The fourth-order valence-electron chi connectivity index (χ4n) is 0.533. The topological polar surface area (TPSA) is 55.4 Å². The molecule has 0 saturated heterocycles. The maximum absolute atomic E-state index is 11.0. The van der Waals surface area contributed by atoms with E-state index in [-0.39, 0.29) is 5.70 Å². The van der Waals surface area contributed by atoms with Gasteiger partial charge in [-0.1, -0.05) is 20.1 Å². The highest BCUT2D eigenvalue weighted by Crippen LogP contribution is 1.91. The van der Waals surface area contributed by atoms with Crippen LogP contribution < -0.4 is 5.32 Å². The molecular weight excluding hydrogens is 170 g/mol. The van der Waals surface area contributed by atoms with Crippen molar-refractivity contribution < 1.29 is 14.3 Å². The van der Waals surface area contributed by atoms with Gasteiger partial charge in [0.15, 0.2) is 0 Å². The lowest BCUT2D eigenvalue weighted by molar-refractivity contribution is -0.140. The molecule has 1 N–H and O–H groups in total. The smallest absolute Gasteiger partial charge is 0.354 e. The zero-order valence-corrected chi connectivity index (χ0v) is 7.63. The van der Waals surface area contributed by atoms with Crippen LogP contribution in [0.1, 0.15) is 13.3 Å². The van der Waals surface area contributed by atoms with Crippen molar-refractivity contribution in [2.45, 2.75) is 13.3 Å². The molecule has 72 valence electrons. The van der Waals surface area contributed by atoms with Crippen molar-refractivity contribution in [3.8, 4) is 0 Å². The molecule has 0 spiro atoms. The van der Waals surface area contributed by atoms with Gasteiger partial charge >= 0.3 is 5.97 Å². The van der Waals surface area contributed by atoms with E-state index in [2.05, 4.69) is 18.5 Å². The zero-order chi connectivity index (χ0) is 10.3. The van der Waals surface area contributed by atoms with Crippen molar-refractivity contribution >= 4 is 11.9 Å². The summed E-state index contributed by atoms with van der Waals surface area (Å²) in [5, 5.41) is 2.21. The average Bonchev–Trinajstić information content (AvgIpc) is 2.13. The maximum Gasteiger partial charge on any atom is 0.354 e. The molecule has 0 aliphatic heterocycles. The van der Waals surface area contributed by atoms with Crippen LogP contribution in [0.15, 0.2) is 24.9 Å². The number of esters is 1. The molecule has 0 aromatic heterocycles. The number of carbonyl (C=O) groups excluding carboxylic acids is 2. The molecule has 0 heterocycles. The minimum Gasteiger partial charge on any atom is -0.461 e. The van der Waals surface area contributed by atoms with Crippen LogP contribution in [0.5, 0.6) is 0 Å². The Morgan fingerprint density at radius 2 is 2.15 bits per heavy atom. The minimum absolute atomic E-state index is 0.0710. The van der Waals surface area contributed by atoms with Crippen LogP contribution >= 0.6 is 0 Å². The number of hydrogen-bond acceptors (Lipinski definition) is 3. The Hall–Kier alpha value is -1.58. The van der Waals surface area contributed by atoms with Gasteiger partial charge in [-0.15, -0.1) is 0 Å². The van der Waals surface area contributed by atoms with E-state index in [1.54, 1.807) is 0 Å². The van der Waals surface area contributed by atoms with Gasteiger partial charge < -0.3 is 10.1 Å². The second-order valence-electron chi connectivity index (χ2n) is 2.31. The van der Waals surface area contributed by atoms with Crippen molar-refractivity contribution in [2.75, 3.05) is 6.61 Å². The summed E-state index contributed by atoms with van der Waals surface area (Å²) in [6.07, 6.45) is 1.78. The predicted octanol–water partition coefficient (Wildman–Crippen LogP) is 0.755. The van der Waals surface area contributed by atoms with E-state index < -0.39 is 11.9 Å². The Morgan fingerprint density at radius 3 is 2.62 bits per heavy atom. The van der Waals surface area contributed by atoms with Gasteiger partial charge in [-0.3, -0.25) is 4.79 Å². The maximum atomic E-state index is 11.0. The first-order valence-corrected chi connectivity index (χ1v) is 3.91. The van der Waals surface area contributed by atoms with Crippen LogP contribution in [0.2, 0.25) is 0 Å². The van der Waals surface area contributed by atoms with E-state index in [0.717, 1.165) is 12.5 Å². The SMILES string of the molecule is C=CC(=O)NC(=C)C(=O)OCCC. The molecule has 1 amide bonds. The summed E-state index contributed by atoms with van der Waals surface area (Å²) in [7, 11) is 0. The lowest BCUT2D eigenvalue weighted by atomic mass is 10.4. The second kappa shape index (κ2) is 5.99. The highest BCUT2D eigenvalue weighted by atomic mass is 16.5. The van der Waals surface area contributed by atoms with Gasteiger partial charge in [0.05, 0.1) is 6.61 Å². The molecule has 13 heavy (non-hydrogen) atoms. The van der Waals surface area contributed by atoms with Crippen LogP contribution in [0, 0.1) is 0 Å². The van der Waals surface area contributed by atoms with E-state index in [1.165, 1.54) is 0 Å². The molecule has 0 aromatic carbocycles. The molecule has 0 bridgehead atoms. The standard InChI is InChI=1S/C9H13NO3/c1-4-6-13-9(12)7(3)10-8(11)5-2/h5H,2-4,6H2,1H3,(H,10,11). The largest absolute Gasteiger partial charge is 0.461 e. The van der Waals surface area contributed by atoms with E-state index in [4.69, 9.17) is 4.74 Å². The first-order chi connectivity index (χ1) is 6.11. The third-order valence-corrected chi connectivity index (χ3v) is 1.14. The molecule has 0 rings (SSSR count). The van der Waals surface area contributed by atoms with Crippen LogP contribution in [-0.4, -0.2) is 18.5 Å². The van der Waals surface area contributed by atoms with E-state index in [1.807, 2.05) is 6.92 Å². The highest BCUT2D eigenvalue weighted by molar-refractivity contribution is 5.96. The monoisotopic (exact) mass is 183 g/mol. The number of nitrogens with one attached hydrogen (secondary N) is 1. The van der Waals surface area contributed by atoms with Crippen LogP contribution in [0.25, 0.3) is 0 Å². The molecule has 0 aromatic rings. The van der Waals surface area contributed by atoms with Crippen molar-refractivity contribution in [1.82, 2.24) is 5.32 Å². The Bertz CT molecular complexity index is 233. The zero-order valence-electron chi connectivity index (χ0n) is 7.63. The quantitative estimate of drug-likeness (QED) is 0.505. The lowest BCUT2D eigenvalue weighted by Gasteiger charge is -2.05. The fourth-order valence-corrected chi connectivity index (χ4v) is 0.533. The van der Waals surface area contributed by atoms with Crippen molar-refractivity contribution in [1.29, 1.82) is 0 Å². The predicted molar refractivity (Wildman–Crippen MR) is 48.7 cm³/mol. The van der Waals surface area contributed by atoms with Gasteiger partial charge in [0.2, 0.25) is 5.91 Å². The van der Waals surface area contributed by atoms with Gasteiger partial charge in [-0.2, -0.15) is 0 Å². The molecule has 0 fully saturated rings. The third-order valence-electron chi connectivity index (χ3n) is 1.14. The van der Waals surface area contributed by atoms with Gasteiger partial charge in [-0.25, -0.2) is 4.79 Å². The summed E-state index contributed by atoms with van der Waals surface area (Å²) >= 11 is 0. The Balaban J connectivity index is 3.89. The molecular formula is C9H13NO3. The summed E-state index contributed by atoms with van der Waals surface area (Å²) in [4.78, 5) is 21.7. The van der Waals surface area contributed by atoms with E-state index >= 15 is 0 Å². The highest BCUT2D eigenvalue weighted by Gasteiger charge is 2.08. The average molecular weight is 183 g/mol. The molecule has 0 radical (unpaired) electrons. The van der Waals surface area contributed by atoms with E-state index in [0.29, 0.717) is 6.61 Å². The summed E-state index contributed by atoms with van der Waals surface area (Å²) in [6, 6.07) is 0. The minimum atomic E-state index is -0.614. The summed E-state index contributed by atoms with van der Waals surface area (Å²) in [6.45, 7) is 8.77. The Kier molecular flexibility index (Phi) is 5.27. The van der Waals surface area contributed by atoms with Gasteiger partial charge in [0.25, 0.3) is 0 Å². The van der Waals surface area contributed by atoms with Gasteiger partial charge in [0, 0.05) is 0 Å². The number of rotatable bonds is 5. The number of hydrogen-bond donors (Lipinski definition) is 1. The Labute approximate surface area is 77.3 Å². The summed E-state index contributed by atoms with van der Waals surface area (Å²) in [5.74, 6) is -1.09. The molecule has 0 atom stereocenters. The molecule has 0 aliphatic rings. The Morgan fingerprint density at radius 1 is 1.54 bits per heavy atom. The normalized spacial score (nSPS) is 8.69. The van der Waals surface area contributed by atoms with Crippen molar-refractivity contribution in [3.05, 3.63) is 24.9 Å². The van der Waals surface area contributed by atoms with Gasteiger partial charge in [0.1, 0.15) is 5.70 Å². The molecule has 4 heteroatoms. The van der Waals surface area contributed by atoms with Crippen LogP contribution in [0.3, 0.4) is 0 Å². The number of carbonyl (C=O) groups is 2. The summed E-state index contributed by atoms with van der Waals surface area (Å²) in [5.41, 5.74) is -0.0710. The van der Waals surface area contributed by atoms with E-state index in [9.17, 15) is 9.59 Å². The molecule has 0 unspecified atom stereocenters. The van der Waals surface area contributed by atoms with Crippen LogP contribution in [-0.2, 0) is 14.3 Å². The fraction of sp³-hybridized carbons (Fsp3) is 0.333. The lowest BCUT2D eigenvalue weighted by Crippen LogP contribution is -2.26. The molecule has 0 aliphatic carbocycles. The number of amides is 1. The van der Waals surface area contributed by atoms with Crippen LogP contribution in [0.4, 0.5) is 0 Å². The molecule has 4 nitrogen and oxygen atoms in total. The second-order valence-corrected chi connectivity index (χ2v) is 2.31.